The van der Waals surface area contributed by atoms with Gasteiger partial charge in [-0.1, -0.05) is 12.1 Å². The van der Waals surface area contributed by atoms with Crippen LogP contribution in [0.5, 0.6) is 5.75 Å². The summed E-state index contributed by atoms with van der Waals surface area (Å²) < 4.78 is 20.3. The lowest BCUT2D eigenvalue weighted by Gasteiger charge is -2.22. The number of carbonyl (C=O) groups is 1. The number of halogens is 1. The fraction of sp³-hybridized carbons (Fsp3) is 0.273. The Morgan fingerprint density at radius 1 is 1.24 bits per heavy atom. The smallest absolute Gasteiger partial charge is 0.255 e. The highest BCUT2D eigenvalue weighted by molar-refractivity contribution is 7.09. The fourth-order valence-corrected chi connectivity index (χ4v) is 4.00. The molecule has 0 atom stereocenters. The van der Waals surface area contributed by atoms with E-state index in [2.05, 4.69) is 15.2 Å². The first-order chi connectivity index (χ1) is 14.1. The van der Waals surface area contributed by atoms with Crippen molar-refractivity contribution in [3.63, 3.8) is 0 Å². The van der Waals surface area contributed by atoms with Gasteiger partial charge in [0.1, 0.15) is 23.9 Å². The van der Waals surface area contributed by atoms with Crippen LogP contribution >= 0.6 is 11.3 Å². The van der Waals surface area contributed by atoms with Gasteiger partial charge in [0, 0.05) is 24.0 Å². The van der Waals surface area contributed by atoms with Crippen molar-refractivity contribution in [1.82, 2.24) is 4.98 Å². The average Bonchev–Trinajstić information content (AvgIpc) is 3.40. The molecule has 0 radical (unpaired) electrons. The standard InChI is InChI=1S/C22H22FN3O2S/c1-15-24-17(14-29-15)13-28-18-7-4-6-16(12-18)22(27)25-21-19(23)8-5-9-20(21)26-10-2-3-11-26/h4-9,12,14H,2-3,10-11,13H2,1H3,(H,25,27). The predicted octanol–water partition coefficient (Wildman–Crippen LogP) is 5.02. The van der Waals surface area contributed by atoms with Crippen LogP contribution in [0.2, 0.25) is 0 Å². The molecule has 4 rings (SSSR count). The van der Waals surface area contributed by atoms with E-state index in [0.717, 1.165) is 42.3 Å². The third kappa shape index (κ3) is 4.56. The van der Waals surface area contributed by atoms with Crippen molar-refractivity contribution in [3.05, 3.63) is 69.9 Å². The zero-order valence-corrected chi connectivity index (χ0v) is 17.0. The van der Waals surface area contributed by atoms with Crippen LogP contribution in [-0.4, -0.2) is 24.0 Å². The van der Waals surface area contributed by atoms with Gasteiger partial charge in [-0.25, -0.2) is 9.37 Å². The Bertz CT molecular complexity index is 1010. The SMILES string of the molecule is Cc1nc(COc2cccc(C(=O)Nc3c(F)cccc3N3CCCC3)c2)cs1. The van der Waals surface area contributed by atoms with Gasteiger partial charge in [0.2, 0.25) is 0 Å². The third-order valence-corrected chi connectivity index (χ3v) is 5.65. The highest BCUT2D eigenvalue weighted by Crippen LogP contribution is 2.31. The van der Waals surface area contributed by atoms with E-state index in [1.807, 2.05) is 18.4 Å². The van der Waals surface area contributed by atoms with Crippen molar-refractivity contribution in [2.45, 2.75) is 26.4 Å². The summed E-state index contributed by atoms with van der Waals surface area (Å²) in [6.07, 6.45) is 2.14. The van der Waals surface area contributed by atoms with Gasteiger partial charge in [0.25, 0.3) is 5.91 Å². The van der Waals surface area contributed by atoms with E-state index in [1.54, 1.807) is 41.7 Å². The molecule has 0 unspecified atom stereocenters. The monoisotopic (exact) mass is 411 g/mol. The Balaban J connectivity index is 1.49. The normalized spacial score (nSPS) is 13.5. The summed E-state index contributed by atoms with van der Waals surface area (Å²) in [4.78, 5) is 19.3. The number of hydrogen-bond donors (Lipinski definition) is 1. The van der Waals surface area contributed by atoms with Crippen molar-refractivity contribution >= 4 is 28.6 Å². The number of hydrogen-bond acceptors (Lipinski definition) is 5. The molecule has 1 aromatic heterocycles. The van der Waals surface area contributed by atoms with E-state index in [0.29, 0.717) is 17.9 Å². The Hall–Kier alpha value is -2.93. The molecule has 29 heavy (non-hydrogen) atoms. The van der Waals surface area contributed by atoms with Crippen molar-refractivity contribution in [2.24, 2.45) is 0 Å². The number of benzene rings is 2. The van der Waals surface area contributed by atoms with Crippen LogP contribution in [0.4, 0.5) is 15.8 Å². The van der Waals surface area contributed by atoms with Crippen LogP contribution in [-0.2, 0) is 6.61 Å². The second-order valence-corrected chi connectivity index (χ2v) is 8.02. The van der Waals surface area contributed by atoms with E-state index in [-0.39, 0.29) is 11.6 Å². The minimum atomic E-state index is -0.436. The summed E-state index contributed by atoms with van der Waals surface area (Å²) in [6.45, 7) is 4.01. The number of nitrogens with zero attached hydrogens (tertiary/aromatic N) is 2. The van der Waals surface area contributed by atoms with Crippen molar-refractivity contribution in [1.29, 1.82) is 0 Å². The molecule has 1 amide bonds. The molecular weight excluding hydrogens is 389 g/mol. The van der Waals surface area contributed by atoms with Gasteiger partial charge >= 0.3 is 0 Å². The number of thiazole rings is 1. The Kier molecular flexibility index (Phi) is 5.76. The van der Waals surface area contributed by atoms with E-state index in [4.69, 9.17) is 4.74 Å². The van der Waals surface area contributed by atoms with Crippen molar-refractivity contribution in [2.75, 3.05) is 23.3 Å². The lowest BCUT2D eigenvalue weighted by atomic mass is 10.1. The number of aryl methyl sites for hydroxylation is 1. The second-order valence-electron chi connectivity index (χ2n) is 6.96. The Labute approximate surface area is 173 Å². The molecule has 2 heterocycles. The third-order valence-electron chi connectivity index (χ3n) is 4.83. The predicted molar refractivity (Wildman–Crippen MR) is 113 cm³/mol. The molecule has 0 bridgehead atoms. The number of anilines is 2. The number of amides is 1. The van der Waals surface area contributed by atoms with Crippen molar-refractivity contribution in [3.8, 4) is 5.75 Å². The first-order valence-electron chi connectivity index (χ1n) is 9.59. The summed E-state index contributed by atoms with van der Waals surface area (Å²) in [5, 5.41) is 5.68. The summed E-state index contributed by atoms with van der Waals surface area (Å²) in [5.41, 5.74) is 2.21. The van der Waals surface area contributed by atoms with Crippen LogP contribution in [0.15, 0.2) is 47.8 Å². The molecule has 1 aliphatic heterocycles. The van der Waals surface area contributed by atoms with Crippen LogP contribution in [0, 0.1) is 12.7 Å². The molecule has 1 N–H and O–H groups in total. The summed E-state index contributed by atoms with van der Waals surface area (Å²) >= 11 is 1.57. The lowest BCUT2D eigenvalue weighted by Crippen LogP contribution is -2.22. The highest BCUT2D eigenvalue weighted by Gasteiger charge is 2.20. The first kappa shape index (κ1) is 19.4. The number of ether oxygens (including phenoxy) is 1. The average molecular weight is 412 g/mol. The summed E-state index contributed by atoms with van der Waals surface area (Å²) in [7, 11) is 0. The van der Waals surface area contributed by atoms with E-state index >= 15 is 0 Å². The molecule has 150 valence electrons. The van der Waals surface area contributed by atoms with Gasteiger partial charge in [-0.15, -0.1) is 11.3 Å². The number of nitrogens with one attached hydrogen (secondary N) is 1. The molecule has 0 saturated carbocycles. The van der Waals surface area contributed by atoms with Gasteiger partial charge in [-0.2, -0.15) is 0 Å². The maximum Gasteiger partial charge on any atom is 0.255 e. The van der Waals surface area contributed by atoms with E-state index in [9.17, 15) is 9.18 Å². The number of para-hydroxylation sites is 1. The topological polar surface area (TPSA) is 54.5 Å². The molecular formula is C22H22FN3O2S. The lowest BCUT2D eigenvalue weighted by molar-refractivity contribution is 0.102. The maximum atomic E-state index is 14.5. The molecule has 5 nitrogen and oxygen atoms in total. The molecule has 0 aliphatic carbocycles. The van der Waals surface area contributed by atoms with Gasteiger partial charge < -0.3 is 15.0 Å². The molecule has 0 spiro atoms. The number of rotatable bonds is 6. The number of aromatic nitrogens is 1. The molecule has 2 aromatic carbocycles. The molecule has 1 saturated heterocycles. The largest absolute Gasteiger partial charge is 0.487 e. The molecule has 7 heteroatoms. The zero-order valence-electron chi connectivity index (χ0n) is 16.2. The van der Waals surface area contributed by atoms with Crippen LogP contribution in [0.1, 0.15) is 33.9 Å². The highest BCUT2D eigenvalue weighted by atomic mass is 32.1. The van der Waals surface area contributed by atoms with Crippen LogP contribution in [0.3, 0.4) is 0 Å². The Morgan fingerprint density at radius 2 is 2.03 bits per heavy atom. The minimum Gasteiger partial charge on any atom is -0.487 e. The van der Waals surface area contributed by atoms with Crippen LogP contribution < -0.4 is 15.0 Å². The van der Waals surface area contributed by atoms with Gasteiger partial charge in [0.15, 0.2) is 0 Å². The molecule has 3 aromatic rings. The zero-order chi connectivity index (χ0) is 20.2. The second kappa shape index (κ2) is 8.61. The molecule has 1 aliphatic rings. The van der Waals surface area contributed by atoms with Crippen molar-refractivity contribution < 1.29 is 13.9 Å². The van der Waals surface area contributed by atoms with E-state index in [1.165, 1.54) is 6.07 Å². The minimum absolute atomic E-state index is 0.226. The van der Waals surface area contributed by atoms with Gasteiger partial charge in [-0.3, -0.25) is 4.79 Å². The van der Waals surface area contributed by atoms with Crippen LogP contribution in [0.25, 0.3) is 0 Å². The Morgan fingerprint density at radius 3 is 2.79 bits per heavy atom. The number of carbonyl (C=O) groups excluding carboxylic acids is 1. The summed E-state index contributed by atoms with van der Waals surface area (Å²) in [6, 6.07) is 11.8. The quantitative estimate of drug-likeness (QED) is 0.619. The van der Waals surface area contributed by atoms with Gasteiger partial charge in [0.05, 0.1) is 16.4 Å². The maximum absolute atomic E-state index is 14.5. The van der Waals surface area contributed by atoms with Gasteiger partial charge in [-0.05, 0) is 50.1 Å². The molecule has 1 fully saturated rings. The first-order valence-corrected chi connectivity index (χ1v) is 10.5. The van der Waals surface area contributed by atoms with E-state index < -0.39 is 5.82 Å². The summed E-state index contributed by atoms with van der Waals surface area (Å²) in [5.74, 6) is -0.240. The fourth-order valence-electron chi connectivity index (χ4n) is 3.40.